The summed E-state index contributed by atoms with van der Waals surface area (Å²) in [5.41, 5.74) is 9.91. The molecule has 0 saturated heterocycles. The fourth-order valence-electron chi connectivity index (χ4n) is 2.30. The first-order valence-electron chi connectivity index (χ1n) is 6.95. The zero-order valence-corrected chi connectivity index (χ0v) is 12.2. The predicted octanol–water partition coefficient (Wildman–Crippen LogP) is 3.76. The van der Waals surface area contributed by atoms with Gasteiger partial charge in [-0.15, -0.1) is 0 Å². The van der Waals surface area contributed by atoms with Crippen molar-refractivity contribution >= 4 is 0 Å². The van der Waals surface area contributed by atoms with Crippen molar-refractivity contribution in [2.45, 2.75) is 46.6 Å². The van der Waals surface area contributed by atoms with Crippen molar-refractivity contribution in [2.75, 3.05) is 13.2 Å². The van der Waals surface area contributed by atoms with Crippen molar-refractivity contribution in [3.05, 3.63) is 34.9 Å². The lowest BCUT2D eigenvalue weighted by Gasteiger charge is -2.17. The van der Waals surface area contributed by atoms with E-state index in [1.54, 1.807) is 0 Å². The normalized spacial score (nSPS) is 14.5. The van der Waals surface area contributed by atoms with E-state index < -0.39 is 0 Å². The van der Waals surface area contributed by atoms with Gasteiger partial charge in [-0.3, -0.25) is 0 Å². The standard InChI is InChI=1S/C16H27NO/c1-5-6-13(3)10-18-11-16(17)15-8-7-12(2)9-14(15)4/h7-9,13,16H,5-6,10-11,17H2,1-4H3. The lowest BCUT2D eigenvalue weighted by atomic mass is 10.0. The third-order valence-corrected chi connectivity index (χ3v) is 3.31. The van der Waals surface area contributed by atoms with E-state index in [1.165, 1.54) is 29.5 Å². The SMILES string of the molecule is CCCC(C)COCC(N)c1ccc(C)cc1C. The lowest BCUT2D eigenvalue weighted by molar-refractivity contribution is 0.0908. The first-order chi connectivity index (χ1) is 8.54. The molecule has 0 bridgehead atoms. The molecule has 102 valence electrons. The second-order valence-electron chi connectivity index (χ2n) is 5.40. The van der Waals surface area contributed by atoms with Crippen LogP contribution in [0, 0.1) is 19.8 Å². The third kappa shape index (κ3) is 4.79. The van der Waals surface area contributed by atoms with Crippen LogP contribution in [0.15, 0.2) is 18.2 Å². The molecule has 0 aliphatic carbocycles. The van der Waals surface area contributed by atoms with Gasteiger partial charge < -0.3 is 10.5 Å². The van der Waals surface area contributed by atoms with E-state index >= 15 is 0 Å². The van der Waals surface area contributed by atoms with E-state index in [4.69, 9.17) is 10.5 Å². The van der Waals surface area contributed by atoms with Crippen molar-refractivity contribution in [3.63, 3.8) is 0 Å². The van der Waals surface area contributed by atoms with E-state index in [9.17, 15) is 0 Å². The average Bonchev–Trinajstić information content (AvgIpc) is 2.29. The van der Waals surface area contributed by atoms with Gasteiger partial charge in [-0.25, -0.2) is 0 Å². The van der Waals surface area contributed by atoms with Gasteiger partial charge in [0, 0.05) is 6.61 Å². The highest BCUT2D eigenvalue weighted by molar-refractivity contribution is 5.32. The maximum Gasteiger partial charge on any atom is 0.0659 e. The summed E-state index contributed by atoms with van der Waals surface area (Å²) in [5, 5.41) is 0. The van der Waals surface area contributed by atoms with Gasteiger partial charge in [-0.05, 0) is 37.3 Å². The van der Waals surface area contributed by atoms with Gasteiger partial charge in [0.2, 0.25) is 0 Å². The Labute approximate surface area is 112 Å². The van der Waals surface area contributed by atoms with Crippen LogP contribution in [0.3, 0.4) is 0 Å². The van der Waals surface area contributed by atoms with E-state index in [0.29, 0.717) is 12.5 Å². The summed E-state index contributed by atoms with van der Waals surface area (Å²) in [5.74, 6) is 0.626. The Morgan fingerprint density at radius 1 is 1.22 bits per heavy atom. The molecule has 0 amide bonds. The van der Waals surface area contributed by atoms with Gasteiger partial charge in [0.25, 0.3) is 0 Å². The maximum atomic E-state index is 6.18. The molecular formula is C16H27NO. The highest BCUT2D eigenvalue weighted by Gasteiger charge is 2.10. The summed E-state index contributed by atoms with van der Waals surface area (Å²) in [7, 11) is 0. The Bertz CT molecular complexity index is 362. The number of ether oxygens (including phenoxy) is 1. The molecule has 18 heavy (non-hydrogen) atoms. The average molecular weight is 249 g/mol. The van der Waals surface area contributed by atoms with Crippen LogP contribution >= 0.6 is 0 Å². The highest BCUT2D eigenvalue weighted by atomic mass is 16.5. The van der Waals surface area contributed by atoms with Crippen LogP contribution in [-0.2, 0) is 4.74 Å². The molecular weight excluding hydrogens is 222 g/mol. The number of nitrogens with two attached hydrogens (primary N) is 1. The molecule has 0 aromatic heterocycles. The second-order valence-corrected chi connectivity index (χ2v) is 5.40. The molecule has 2 nitrogen and oxygen atoms in total. The van der Waals surface area contributed by atoms with Gasteiger partial charge in [0.15, 0.2) is 0 Å². The lowest BCUT2D eigenvalue weighted by Crippen LogP contribution is -2.20. The van der Waals surface area contributed by atoms with Gasteiger partial charge in [-0.1, -0.05) is 44.0 Å². The van der Waals surface area contributed by atoms with Crippen molar-refractivity contribution in [1.82, 2.24) is 0 Å². The summed E-state index contributed by atoms with van der Waals surface area (Å²) in [4.78, 5) is 0. The number of aryl methyl sites for hydroxylation is 2. The molecule has 2 unspecified atom stereocenters. The van der Waals surface area contributed by atoms with Crippen LogP contribution in [0.1, 0.15) is 49.4 Å². The van der Waals surface area contributed by atoms with E-state index in [-0.39, 0.29) is 6.04 Å². The molecule has 0 aliphatic heterocycles. The first kappa shape index (κ1) is 15.2. The zero-order chi connectivity index (χ0) is 13.5. The van der Waals surface area contributed by atoms with Gasteiger partial charge in [-0.2, -0.15) is 0 Å². The summed E-state index contributed by atoms with van der Waals surface area (Å²) in [6.45, 7) is 10.1. The molecule has 2 heteroatoms. The number of hydrogen-bond donors (Lipinski definition) is 1. The minimum atomic E-state index is -0.0144. The third-order valence-electron chi connectivity index (χ3n) is 3.31. The molecule has 2 N–H and O–H groups in total. The molecule has 0 radical (unpaired) electrons. The van der Waals surface area contributed by atoms with Crippen LogP contribution < -0.4 is 5.73 Å². The van der Waals surface area contributed by atoms with Crippen LogP contribution in [0.25, 0.3) is 0 Å². The fourth-order valence-corrected chi connectivity index (χ4v) is 2.30. The Morgan fingerprint density at radius 2 is 1.94 bits per heavy atom. The minimum absolute atomic E-state index is 0.0144. The molecule has 0 fully saturated rings. The molecule has 0 aliphatic rings. The molecule has 1 aromatic carbocycles. The predicted molar refractivity (Wildman–Crippen MR) is 77.7 cm³/mol. The van der Waals surface area contributed by atoms with Gasteiger partial charge >= 0.3 is 0 Å². The summed E-state index contributed by atoms with van der Waals surface area (Å²) < 4.78 is 5.72. The molecule has 0 spiro atoms. The van der Waals surface area contributed by atoms with Crippen molar-refractivity contribution in [1.29, 1.82) is 0 Å². The number of hydrogen-bond acceptors (Lipinski definition) is 2. The summed E-state index contributed by atoms with van der Waals surface area (Å²) in [6.07, 6.45) is 2.44. The van der Waals surface area contributed by atoms with E-state index in [2.05, 4.69) is 45.9 Å². The fraction of sp³-hybridized carbons (Fsp3) is 0.625. The van der Waals surface area contributed by atoms with Crippen LogP contribution in [0.4, 0.5) is 0 Å². The van der Waals surface area contributed by atoms with Crippen LogP contribution in [-0.4, -0.2) is 13.2 Å². The molecule has 2 atom stereocenters. The van der Waals surface area contributed by atoms with E-state index in [1.807, 2.05) is 0 Å². The van der Waals surface area contributed by atoms with Crippen LogP contribution in [0.2, 0.25) is 0 Å². The quantitative estimate of drug-likeness (QED) is 0.798. The van der Waals surface area contributed by atoms with Crippen molar-refractivity contribution in [2.24, 2.45) is 11.7 Å². The molecule has 1 rings (SSSR count). The first-order valence-corrected chi connectivity index (χ1v) is 6.95. The largest absolute Gasteiger partial charge is 0.379 e. The van der Waals surface area contributed by atoms with Gasteiger partial charge in [0.05, 0.1) is 12.6 Å². The van der Waals surface area contributed by atoms with Crippen molar-refractivity contribution < 1.29 is 4.74 Å². The topological polar surface area (TPSA) is 35.2 Å². The second kappa shape index (κ2) is 7.55. The Balaban J connectivity index is 2.43. The zero-order valence-electron chi connectivity index (χ0n) is 12.2. The van der Waals surface area contributed by atoms with Gasteiger partial charge in [0.1, 0.15) is 0 Å². The minimum Gasteiger partial charge on any atom is -0.379 e. The maximum absolute atomic E-state index is 6.18. The Kier molecular flexibility index (Phi) is 6.37. The monoisotopic (exact) mass is 249 g/mol. The Hall–Kier alpha value is -0.860. The number of benzene rings is 1. The molecule has 0 heterocycles. The van der Waals surface area contributed by atoms with E-state index in [0.717, 1.165) is 6.61 Å². The smallest absolute Gasteiger partial charge is 0.0659 e. The summed E-state index contributed by atoms with van der Waals surface area (Å²) in [6, 6.07) is 6.39. The Morgan fingerprint density at radius 3 is 2.56 bits per heavy atom. The number of rotatable bonds is 7. The van der Waals surface area contributed by atoms with Crippen LogP contribution in [0.5, 0.6) is 0 Å². The molecule has 1 aromatic rings. The highest BCUT2D eigenvalue weighted by Crippen LogP contribution is 2.18. The summed E-state index contributed by atoms with van der Waals surface area (Å²) >= 11 is 0. The molecule has 0 saturated carbocycles. The van der Waals surface area contributed by atoms with Crippen molar-refractivity contribution in [3.8, 4) is 0 Å².